The van der Waals surface area contributed by atoms with Crippen molar-refractivity contribution >= 4 is 21.6 Å². The van der Waals surface area contributed by atoms with E-state index in [0.29, 0.717) is 6.54 Å². The summed E-state index contributed by atoms with van der Waals surface area (Å²) in [5.41, 5.74) is 5.24. The van der Waals surface area contributed by atoms with E-state index in [-0.39, 0.29) is 6.61 Å². The van der Waals surface area contributed by atoms with Crippen LogP contribution in [0.1, 0.15) is 10.8 Å². The maximum atomic E-state index is 10.6. The molecular weight excluding hydrogens is 508 g/mol. The summed E-state index contributed by atoms with van der Waals surface area (Å²) < 4.78 is 12.7. The summed E-state index contributed by atoms with van der Waals surface area (Å²) in [6.07, 6.45) is -0.547. The standard InChI is InChI=1S/C31H32N4O3S/c1-22-32-30-17-27(11-12-31(30)39-22)37-21-26(36)19-34-13-15-35(16-14-34)20-28-18-29(33-38-28)25-9-7-24(8-10-25)23-5-3-2-4-6-23/h2-12,17-18,26,36H,13-16,19-21H2,1H3/t26-/m0/s1. The van der Waals surface area contributed by atoms with Gasteiger partial charge in [0, 0.05) is 50.4 Å². The van der Waals surface area contributed by atoms with E-state index in [4.69, 9.17) is 9.26 Å². The Kier molecular flexibility index (Phi) is 7.69. The largest absolute Gasteiger partial charge is 0.491 e. The van der Waals surface area contributed by atoms with E-state index in [1.54, 1.807) is 11.3 Å². The van der Waals surface area contributed by atoms with Gasteiger partial charge in [0.15, 0.2) is 5.76 Å². The van der Waals surface area contributed by atoms with Crippen LogP contribution >= 0.6 is 11.3 Å². The van der Waals surface area contributed by atoms with E-state index in [9.17, 15) is 5.11 Å². The molecule has 2 aromatic heterocycles. The number of rotatable bonds is 9. The lowest BCUT2D eigenvalue weighted by Crippen LogP contribution is -2.48. The normalized spacial score (nSPS) is 15.5. The predicted octanol–water partition coefficient (Wildman–Crippen LogP) is 5.48. The van der Waals surface area contributed by atoms with Crippen molar-refractivity contribution in [2.75, 3.05) is 39.3 Å². The number of aliphatic hydroxyl groups is 1. The van der Waals surface area contributed by atoms with E-state index in [1.807, 2.05) is 37.3 Å². The van der Waals surface area contributed by atoms with Crippen LogP contribution < -0.4 is 4.74 Å². The highest BCUT2D eigenvalue weighted by Crippen LogP contribution is 2.26. The second-order valence-corrected chi connectivity index (χ2v) is 11.3. The molecule has 7 nitrogen and oxygen atoms in total. The van der Waals surface area contributed by atoms with Crippen molar-refractivity contribution in [2.45, 2.75) is 19.6 Å². The Morgan fingerprint density at radius 3 is 2.41 bits per heavy atom. The molecule has 0 amide bonds. The van der Waals surface area contributed by atoms with Crippen molar-refractivity contribution in [1.82, 2.24) is 19.9 Å². The zero-order chi connectivity index (χ0) is 26.6. The smallest absolute Gasteiger partial charge is 0.151 e. The molecule has 6 rings (SSSR count). The number of hydrogen-bond acceptors (Lipinski definition) is 8. The van der Waals surface area contributed by atoms with E-state index in [1.165, 1.54) is 11.1 Å². The van der Waals surface area contributed by atoms with Gasteiger partial charge in [-0.05, 0) is 30.2 Å². The molecule has 0 bridgehead atoms. The molecule has 1 aliphatic rings. The molecule has 1 saturated heterocycles. The number of β-amino-alcohol motifs (C(OH)–C–C–N with tert-alkyl or cyclic N) is 1. The SMILES string of the molecule is Cc1nc2cc(OC[C@@H](O)CN3CCN(Cc4cc(-c5ccc(-c6ccccc6)cc5)no4)CC3)ccc2s1. The van der Waals surface area contributed by atoms with Gasteiger partial charge >= 0.3 is 0 Å². The van der Waals surface area contributed by atoms with E-state index >= 15 is 0 Å². The molecule has 1 fully saturated rings. The Bertz CT molecular complexity index is 1510. The summed E-state index contributed by atoms with van der Waals surface area (Å²) in [4.78, 5) is 9.17. The minimum atomic E-state index is -0.547. The molecule has 3 heterocycles. The molecule has 0 aliphatic carbocycles. The number of aryl methyl sites for hydroxylation is 1. The molecule has 0 radical (unpaired) electrons. The lowest BCUT2D eigenvalue weighted by atomic mass is 10.0. The molecule has 1 N–H and O–H groups in total. The number of thiazole rings is 1. The van der Waals surface area contributed by atoms with Gasteiger partial charge in [-0.15, -0.1) is 11.3 Å². The first-order chi connectivity index (χ1) is 19.1. The average molecular weight is 541 g/mol. The predicted molar refractivity (Wildman–Crippen MR) is 155 cm³/mol. The number of ether oxygens (including phenoxy) is 1. The van der Waals surface area contributed by atoms with Gasteiger partial charge in [-0.1, -0.05) is 59.8 Å². The van der Waals surface area contributed by atoms with Crippen LogP contribution in [-0.4, -0.2) is 70.5 Å². The van der Waals surface area contributed by atoms with Crippen LogP contribution in [0.2, 0.25) is 0 Å². The van der Waals surface area contributed by atoms with Crippen molar-refractivity contribution in [3.8, 4) is 28.1 Å². The summed E-state index contributed by atoms with van der Waals surface area (Å²) >= 11 is 1.67. The summed E-state index contributed by atoms with van der Waals surface area (Å²) in [6, 6.07) is 26.7. The quantitative estimate of drug-likeness (QED) is 0.265. The molecule has 8 heteroatoms. The maximum Gasteiger partial charge on any atom is 0.151 e. The third kappa shape index (κ3) is 6.37. The van der Waals surface area contributed by atoms with E-state index in [0.717, 1.165) is 70.7 Å². The van der Waals surface area contributed by atoms with Crippen LogP contribution in [-0.2, 0) is 6.54 Å². The zero-order valence-corrected chi connectivity index (χ0v) is 22.8. The molecule has 39 heavy (non-hydrogen) atoms. The Labute approximate surface area is 232 Å². The van der Waals surface area contributed by atoms with Crippen molar-refractivity contribution < 1.29 is 14.4 Å². The third-order valence-electron chi connectivity index (χ3n) is 7.07. The first-order valence-electron chi connectivity index (χ1n) is 13.3. The number of piperazine rings is 1. The van der Waals surface area contributed by atoms with Crippen molar-refractivity contribution in [3.05, 3.63) is 89.6 Å². The second kappa shape index (κ2) is 11.7. The molecule has 1 atom stereocenters. The fourth-order valence-electron chi connectivity index (χ4n) is 4.99. The second-order valence-electron chi connectivity index (χ2n) is 10.0. The lowest BCUT2D eigenvalue weighted by Gasteiger charge is -2.35. The number of hydrogen-bond donors (Lipinski definition) is 1. The van der Waals surface area contributed by atoms with Crippen molar-refractivity contribution in [3.63, 3.8) is 0 Å². The number of aromatic nitrogens is 2. The molecule has 3 aromatic carbocycles. The van der Waals surface area contributed by atoms with Crippen LogP contribution in [0.3, 0.4) is 0 Å². The minimum absolute atomic E-state index is 0.266. The molecule has 0 saturated carbocycles. The van der Waals surface area contributed by atoms with Gasteiger partial charge in [0.2, 0.25) is 0 Å². The Hall–Kier alpha value is -3.56. The van der Waals surface area contributed by atoms with Crippen LogP contribution in [0.15, 0.2) is 83.4 Å². The third-order valence-corrected chi connectivity index (χ3v) is 8.02. The summed E-state index contributed by atoms with van der Waals surface area (Å²) in [7, 11) is 0. The highest BCUT2D eigenvalue weighted by Gasteiger charge is 2.21. The highest BCUT2D eigenvalue weighted by atomic mass is 32.1. The first kappa shape index (κ1) is 25.7. The molecule has 200 valence electrons. The van der Waals surface area contributed by atoms with Gasteiger partial charge in [0.25, 0.3) is 0 Å². The average Bonchev–Trinajstić information content (AvgIpc) is 3.59. The summed E-state index contributed by atoms with van der Waals surface area (Å²) in [6.45, 7) is 7.20. The summed E-state index contributed by atoms with van der Waals surface area (Å²) in [5, 5.41) is 15.9. The maximum absolute atomic E-state index is 10.6. The topological polar surface area (TPSA) is 74.9 Å². The van der Waals surface area contributed by atoms with Crippen molar-refractivity contribution in [2.24, 2.45) is 0 Å². The Morgan fingerprint density at radius 2 is 1.62 bits per heavy atom. The molecule has 5 aromatic rings. The van der Waals surface area contributed by atoms with Gasteiger partial charge in [0.05, 0.1) is 21.8 Å². The minimum Gasteiger partial charge on any atom is -0.491 e. The van der Waals surface area contributed by atoms with E-state index < -0.39 is 6.10 Å². The van der Waals surface area contributed by atoms with E-state index in [2.05, 4.69) is 68.5 Å². The fraction of sp³-hybridized carbons (Fsp3) is 0.290. The fourth-order valence-corrected chi connectivity index (χ4v) is 5.80. The molecule has 0 spiro atoms. The van der Waals surface area contributed by atoms with Gasteiger partial charge in [-0.3, -0.25) is 9.80 Å². The number of nitrogens with zero attached hydrogens (tertiary/aromatic N) is 4. The first-order valence-corrected chi connectivity index (χ1v) is 14.1. The highest BCUT2D eigenvalue weighted by molar-refractivity contribution is 7.18. The van der Waals surface area contributed by atoms with Crippen LogP contribution in [0, 0.1) is 6.92 Å². The molecule has 0 unspecified atom stereocenters. The number of benzene rings is 3. The molecule has 1 aliphatic heterocycles. The Morgan fingerprint density at radius 1 is 0.897 bits per heavy atom. The number of fused-ring (bicyclic) bond motifs is 1. The monoisotopic (exact) mass is 540 g/mol. The van der Waals surface area contributed by atoms with Crippen LogP contribution in [0.4, 0.5) is 0 Å². The van der Waals surface area contributed by atoms with Crippen LogP contribution in [0.5, 0.6) is 5.75 Å². The molecular formula is C31H32N4O3S. The Balaban J connectivity index is 0.951. The van der Waals surface area contributed by atoms with Gasteiger partial charge < -0.3 is 14.4 Å². The van der Waals surface area contributed by atoms with Gasteiger partial charge in [-0.2, -0.15) is 0 Å². The summed E-state index contributed by atoms with van der Waals surface area (Å²) in [5.74, 6) is 1.61. The van der Waals surface area contributed by atoms with Gasteiger partial charge in [-0.25, -0.2) is 4.98 Å². The lowest BCUT2D eigenvalue weighted by molar-refractivity contribution is 0.0430. The van der Waals surface area contributed by atoms with Crippen molar-refractivity contribution in [1.29, 1.82) is 0 Å². The number of aliphatic hydroxyl groups excluding tert-OH is 1. The van der Waals surface area contributed by atoms with Crippen LogP contribution in [0.25, 0.3) is 32.6 Å². The zero-order valence-electron chi connectivity index (χ0n) is 22.0. The van der Waals surface area contributed by atoms with Gasteiger partial charge in [0.1, 0.15) is 24.2 Å².